The fourth-order valence-corrected chi connectivity index (χ4v) is 5.04. The van der Waals surface area contributed by atoms with Crippen molar-refractivity contribution < 1.29 is 57.6 Å². The number of ketones is 2. The molecule has 1 aliphatic carbocycles. The van der Waals surface area contributed by atoms with E-state index in [1.54, 1.807) is 0 Å². The Bertz CT molecular complexity index is 1170. The molecule has 12 nitrogen and oxygen atoms in total. The number of phenols is 1. The van der Waals surface area contributed by atoms with E-state index in [1.807, 2.05) is 0 Å². The van der Waals surface area contributed by atoms with Crippen LogP contribution >= 0.6 is 11.8 Å². The molecular formula is C24H24O12S. The van der Waals surface area contributed by atoms with Gasteiger partial charge in [0, 0.05) is 39.3 Å². The van der Waals surface area contributed by atoms with Crippen molar-refractivity contribution >= 4 is 47.2 Å². The lowest BCUT2D eigenvalue weighted by molar-refractivity contribution is -0.237. The van der Waals surface area contributed by atoms with E-state index in [1.165, 1.54) is 18.2 Å². The molecule has 5 unspecified atom stereocenters. The molecule has 0 bridgehead atoms. The molecule has 0 saturated carbocycles. The lowest BCUT2D eigenvalue weighted by Crippen LogP contribution is -2.61. The highest BCUT2D eigenvalue weighted by Crippen LogP contribution is 2.41. The molecule has 37 heavy (non-hydrogen) atoms. The zero-order valence-corrected chi connectivity index (χ0v) is 21.1. The minimum Gasteiger partial charge on any atom is -0.507 e. The third-order valence-corrected chi connectivity index (χ3v) is 6.38. The molecule has 2 aliphatic rings. The molecular weight excluding hydrogens is 512 g/mol. The lowest BCUT2D eigenvalue weighted by atomic mass is 9.94. The second kappa shape index (κ2) is 11.6. The van der Waals surface area contributed by atoms with Gasteiger partial charge >= 0.3 is 23.9 Å². The molecule has 1 fully saturated rings. The highest BCUT2D eigenvalue weighted by molar-refractivity contribution is 8.04. The summed E-state index contributed by atoms with van der Waals surface area (Å²) in [6.07, 6.45) is -4.36. The van der Waals surface area contributed by atoms with Gasteiger partial charge in [0.15, 0.2) is 24.1 Å². The molecule has 1 aliphatic heterocycles. The van der Waals surface area contributed by atoms with Crippen LogP contribution in [0.3, 0.4) is 0 Å². The quantitative estimate of drug-likeness (QED) is 0.393. The van der Waals surface area contributed by atoms with Crippen LogP contribution in [0, 0.1) is 0 Å². The highest BCUT2D eigenvalue weighted by Gasteiger charge is 2.53. The molecule has 0 spiro atoms. The van der Waals surface area contributed by atoms with E-state index in [4.69, 9.17) is 23.7 Å². The highest BCUT2D eigenvalue weighted by atomic mass is 32.2. The number of carbonyl (C=O) groups excluding carboxylic acids is 6. The number of aromatic hydroxyl groups is 1. The Morgan fingerprint density at radius 1 is 0.892 bits per heavy atom. The normalized spacial score (nSPS) is 24.9. The Labute approximate surface area is 215 Å². The fraction of sp³-hybridized carbons (Fsp3) is 0.417. The van der Waals surface area contributed by atoms with Crippen LogP contribution in [0.4, 0.5) is 0 Å². The number of rotatable bonds is 7. The number of carbonyl (C=O) groups is 6. The van der Waals surface area contributed by atoms with Crippen molar-refractivity contribution in [1.29, 1.82) is 0 Å². The van der Waals surface area contributed by atoms with Crippen molar-refractivity contribution in [2.24, 2.45) is 0 Å². The van der Waals surface area contributed by atoms with Gasteiger partial charge in [-0.1, -0.05) is 23.9 Å². The zero-order valence-electron chi connectivity index (χ0n) is 20.2. The number of fused-ring (bicyclic) bond motifs is 1. The van der Waals surface area contributed by atoms with Crippen molar-refractivity contribution in [2.75, 3.05) is 6.61 Å². The Kier molecular flexibility index (Phi) is 8.71. The van der Waals surface area contributed by atoms with Gasteiger partial charge in [-0.2, -0.15) is 0 Å². The first-order chi connectivity index (χ1) is 17.4. The number of thioether (sulfide) groups is 1. The number of esters is 4. The van der Waals surface area contributed by atoms with E-state index in [-0.39, 0.29) is 16.0 Å². The monoisotopic (exact) mass is 536 g/mol. The van der Waals surface area contributed by atoms with E-state index < -0.39 is 77.7 Å². The van der Waals surface area contributed by atoms with Crippen molar-refractivity contribution in [3.8, 4) is 5.75 Å². The third-order valence-electron chi connectivity index (χ3n) is 5.21. The molecule has 1 N–H and O–H groups in total. The van der Waals surface area contributed by atoms with Crippen molar-refractivity contribution in [1.82, 2.24) is 0 Å². The predicted molar refractivity (Wildman–Crippen MR) is 124 cm³/mol. The van der Waals surface area contributed by atoms with E-state index in [0.29, 0.717) is 11.8 Å². The Balaban J connectivity index is 2.03. The number of allylic oxidation sites excluding steroid dienone is 2. The Morgan fingerprint density at radius 2 is 1.49 bits per heavy atom. The first kappa shape index (κ1) is 27.9. The predicted octanol–water partition coefficient (Wildman–Crippen LogP) is 1.47. The van der Waals surface area contributed by atoms with Crippen LogP contribution in [0.15, 0.2) is 29.2 Å². The summed E-state index contributed by atoms with van der Waals surface area (Å²) in [4.78, 5) is 72.8. The van der Waals surface area contributed by atoms with Gasteiger partial charge in [-0.25, -0.2) is 0 Å². The standard InChI is InChI=1S/C24H24O12S/c1-10(25)32-9-17-21(33-11(2)26)22(34-12(3)27)23(35-13(4)28)24(36-17)37-18-8-16(30)14-6-5-7-15(29)19(14)20(18)31/h5-8,17,21-24,29H,9H2,1-4H3. The van der Waals surface area contributed by atoms with E-state index >= 15 is 0 Å². The summed E-state index contributed by atoms with van der Waals surface area (Å²) in [5.74, 6) is -4.72. The molecule has 0 amide bonds. The zero-order chi connectivity index (χ0) is 27.4. The smallest absolute Gasteiger partial charge is 0.303 e. The molecule has 1 heterocycles. The van der Waals surface area contributed by atoms with Crippen LogP contribution < -0.4 is 0 Å². The SMILES string of the molecule is CC(=O)OCC1OC(SC2=CC(=O)c3cccc(O)c3C2=O)C(OC(C)=O)C(OC(C)=O)C1OC(C)=O. The molecule has 5 atom stereocenters. The molecule has 3 rings (SSSR count). The summed E-state index contributed by atoms with van der Waals surface area (Å²) in [5, 5.41) is 10.2. The van der Waals surface area contributed by atoms with Crippen LogP contribution in [0.5, 0.6) is 5.75 Å². The third kappa shape index (κ3) is 6.54. The first-order valence-corrected chi connectivity index (χ1v) is 11.9. The molecule has 1 saturated heterocycles. The summed E-state index contributed by atoms with van der Waals surface area (Å²) >= 11 is 0.673. The van der Waals surface area contributed by atoms with Gasteiger partial charge in [0.1, 0.15) is 23.9 Å². The molecule has 13 heteroatoms. The van der Waals surface area contributed by atoms with Crippen LogP contribution in [-0.4, -0.2) is 77.0 Å². The summed E-state index contributed by atoms with van der Waals surface area (Å²) < 4.78 is 27.0. The van der Waals surface area contributed by atoms with Gasteiger partial charge in [0.2, 0.25) is 5.78 Å². The van der Waals surface area contributed by atoms with Gasteiger partial charge in [0.05, 0.1) is 10.5 Å². The first-order valence-electron chi connectivity index (χ1n) is 11.0. The van der Waals surface area contributed by atoms with Crippen LogP contribution in [0.2, 0.25) is 0 Å². The lowest BCUT2D eigenvalue weighted by Gasteiger charge is -2.44. The average Bonchev–Trinajstić information content (AvgIpc) is 2.78. The molecule has 0 aromatic heterocycles. The van der Waals surface area contributed by atoms with Gasteiger partial charge in [0.25, 0.3) is 0 Å². The average molecular weight is 537 g/mol. The van der Waals surface area contributed by atoms with Gasteiger partial charge in [-0.15, -0.1) is 0 Å². The number of Topliss-reactive ketones (excluding diaryl/α,β-unsaturated/α-hetero) is 1. The minimum absolute atomic E-state index is 0.0101. The molecule has 1 aromatic rings. The van der Waals surface area contributed by atoms with Gasteiger partial charge < -0.3 is 28.8 Å². The van der Waals surface area contributed by atoms with Gasteiger partial charge in [-0.05, 0) is 6.07 Å². The number of benzene rings is 1. The number of ether oxygens (including phenoxy) is 5. The number of hydrogen-bond acceptors (Lipinski definition) is 13. The van der Waals surface area contributed by atoms with Gasteiger partial charge in [-0.3, -0.25) is 28.8 Å². The molecule has 198 valence electrons. The topological polar surface area (TPSA) is 169 Å². The summed E-state index contributed by atoms with van der Waals surface area (Å²) in [5.41, 5.74) is -1.49. The van der Waals surface area contributed by atoms with E-state index in [0.717, 1.165) is 33.8 Å². The van der Waals surface area contributed by atoms with E-state index in [2.05, 4.69) is 0 Å². The summed E-state index contributed by atoms with van der Waals surface area (Å²) in [6, 6.07) is 4.07. The summed E-state index contributed by atoms with van der Waals surface area (Å²) in [6.45, 7) is 3.96. The van der Waals surface area contributed by atoms with Crippen molar-refractivity contribution in [3.05, 3.63) is 40.3 Å². The maximum absolute atomic E-state index is 13.2. The van der Waals surface area contributed by atoms with Crippen molar-refractivity contribution in [3.63, 3.8) is 0 Å². The van der Waals surface area contributed by atoms with E-state index in [9.17, 15) is 33.9 Å². The second-order valence-electron chi connectivity index (χ2n) is 8.09. The maximum Gasteiger partial charge on any atom is 0.303 e. The summed E-state index contributed by atoms with van der Waals surface area (Å²) in [7, 11) is 0. The molecule has 1 aromatic carbocycles. The van der Waals surface area contributed by atoms with Crippen LogP contribution in [0.25, 0.3) is 0 Å². The van der Waals surface area contributed by atoms with Crippen LogP contribution in [0.1, 0.15) is 48.4 Å². The Hall–Kier alpha value is -3.71. The maximum atomic E-state index is 13.2. The minimum atomic E-state index is -1.42. The fourth-order valence-electron chi connectivity index (χ4n) is 3.87. The number of hydrogen-bond donors (Lipinski definition) is 1. The van der Waals surface area contributed by atoms with Crippen LogP contribution in [-0.2, 0) is 42.9 Å². The van der Waals surface area contributed by atoms with Crippen molar-refractivity contribution in [2.45, 2.75) is 57.5 Å². The second-order valence-corrected chi connectivity index (χ2v) is 9.23. The Morgan fingerprint density at radius 3 is 2.08 bits per heavy atom. The number of phenolic OH excluding ortho intramolecular Hbond substituents is 1. The largest absolute Gasteiger partial charge is 0.507 e. The molecule has 0 radical (unpaired) electrons.